The summed E-state index contributed by atoms with van der Waals surface area (Å²) in [4.78, 5) is 45.2. The standard InChI is InChI=1S/C33H22N8O2/c42-32-38(22-10-3-1-4-11-22)25-20-26-28(21-27(25)40(32)29-15-7-8-17-34-29)41(33(43)39(26)23-12-5-2-6-13-23)30-16-9-14-24(37-30)31-35-18-19-36-31/h1-21H,(H,35,36). The summed E-state index contributed by atoms with van der Waals surface area (Å²) in [5.41, 5.74) is 3.85. The van der Waals surface area contributed by atoms with Crippen LogP contribution in [0.3, 0.4) is 0 Å². The second-order valence-corrected chi connectivity index (χ2v) is 9.91. The third-order valence-electron chi connectivity index (χ3n) is 7.41. The van der Waals surface area contributed by atoms with E-state index in [4.69, 9.17) is 4.98 Å². The predicted octanol–water partition coefficient (Wildman–Crippen LogP) is 5.06. The predicted molar refractivity (Wildman–Crippen MR) is 164 cm³/mol. The van der Waals surface area contributed by atoms with Crippen LogP contribution in [0, 0.1) is 0 Å². The number of para-hydroxylation sites is 2. The fourth-order valence-corrected chi connectivity index (χ4v) is 5.55. The Balaban J connectivity index is 1.52. The molecular formula is C33H22N8O2. The largest absolute Gasteiger partial charge is 0.343 e. The van der Waals surface area contributed by atoms with E-state index >= 15 is 0 Å². The number of aromatic amines is 1. The number of fused-ring (bicyclic) bond motifs is 2. The Bertz CT molecular complexity index is 2370. The number of pyridine rings is 2. The van der Waals surface area contributed by atoms with E-state index in [1.165, 1.54) is 0 Å². The van der Waals surface area contributed by atoms with Gasteiger partial charge in [0, 0.05) is 18.6 Å². The lowest BCUT2D eigenvalue weighted by molar-refractivity contribution is 0.899. The van der Waals surface area contributed by atoms with Gasteiger partial charge in [0.2, 0.25) is 0 Å². The van der Waals surface area contributed by atoms with Crippen LogP contribution < -0.4 is 11.4 Å². The minimum Gasteiger partial charge on any atom is -0.343 e. The Labute approximate surface area is 243 Å². The molecule has 8 aromatic rings. The quantitative estimate of drug-likeness (QED) is 0.316. The van der Waals surface area contributed by atoms with Crippen molar-refractivity contribution in [1.82, 2.24) is 38.2 Å². The normalized spacial score (nSPS) is 11.4. The molecule has 5 heterocycles. The molecule has 0 aliphatic carbocycles. The molecule has 0 saturated heterocycles. The number of nitrogens with zero attached hydrogens (tertiary/aromatic N) is 7. The van der Waals surface area contributed by atoms with E-state index in [9.17, 15) is 9.59 Å². The SMILES string of the molecule is O=c1n(-c2ccccc2)c2cc3c(cc2n1-c1ccccn1)n(-c1cccc(-c2ncc[nH]2)n1)c(=O)n3-c1ccccc1. The van der Waals surface area contributed by atoms with Crippen molar-refractivity contribution in [1.29, 1.82) is 0 Å². The third-order valence-corrected chi connectivity index (χ3v) is 7.41. The van der Waals surface area contributed by atoms with Crippen LogP contribution in [-0.2, 0) is 0 Å². The first-order valence-corrected chi connectivity index (χ1v) is 13.6. The van der Waals surface area contributed by atoms with Crippen molar-refractivity contribution in [2.24, 2.45) is 0 Å². The van der Waals surface area contributed by atoms with Gasteiger partial charge in [0.15, 0.2) is 5.82 Å². The highest BCUT2D eigenvalue weighted by Crippen LogP contribution is 2.29. The van der Waals surface area contributed by atoms with Crippen molar-refractivity contribution in [3.8, 4) is 34.5 Å². The maximum atomic E-state index is 14.3. The number of rotatable bonds is 5. The summed E-state index contributed by atoms with van der Waals surface area (Å²) < 4.78 is 6.44. The Kier molecular flexibility index (Phi) is 5.51. The van der Waals surface area contributed by atoms with Crippen LogP contribution in [0.2, 0.25) is 0 Å². The number of imidazole rings is 3. The van der Waals surface area contributed by atoms with E-state index < -0.39 is 0 Å². The molecule has 43 heavy (non-hydrogen) atoms. The van der Waals surface area contributed by atoms with Crippen molar-refractivity contribution in [2.45, 2.75) is 0 Å². The van der Waals surface area contributed by atoms with Crippen LogP contribution in [-0.4, -0.2) is 38.2 Å². The Hall–Kier alpha value is -6.29. The summed E-state index contributed by atoms with van der Waals surface area (Å²) in [6.45, 7) is 0. The van der Waals surface area contributed by atoms with Gasteiger partial charge in [-0.05, 0) is 60.7 Å². The minimum atomic E-state index is -0.295. The van der Waals surface area contributed by atoms with Crippen LogP contribution >= 0.6 is 0 Å². The van der Waals surface area contributed by atoms with Gasteiger partial charge in [0.25, 0.3) is 0 Å². The molecule has 0 fully saturated rings. The van der Waals surface area contributed by atoms with Gasteiger partial charge in [-0.1, -0.05) is 48.5 Å². The number of nitrogens with one attached hydrogen (secondary N) is 1. The van der Waals surface area contributed by atoms with Gasteiger partial charge in [-0.25, -0.2) is 33.7 Å². The van der Waals surface area contributed by atoms with Gasteiger partial charge in [-0.15, -0.1) is 0 Å². The van der Waals surface area contributed by atoms with Crippen molar-refractivity contribution in [3.63, 3.8) is 0 Å². The van der Waals surface area contributed by atoms with Crippen LogP contribution in [0.15, 0.2) is 137 Å². The maximum absolute atomic E-state index is 14.3. The number of H-pyrrole nitrogens is 1. The van der Waals surface area contributed by atoms with E-state index in [1.807, 2.05) is 91.0 Å². The summed E-state index contributed by atoms with van der Waals surface area (Å²) in [5.74, 6) is 1.49. The fourth-order valence-electron chi connectivity index (χ4n) is 5.55. The smallest absolute Gasteiger partial charge is 0.339 e. The van der Waals surface area contributed by atoms with Gasteiger partial charge in [0.05, 0.1) is 33.4 Å². The Morgan fingerprint density at radius 2 is 1.07 bits per heavy atom. The van der Waals surface area contributed by atoms with Gasteiger partial charge in [-0.3, -0.25) is 9.13 Å². The summed E-state index contributed by atoms with van der Waals surface area (Å²) >= 11 is 0. The molecule has 8 rings (SSSR count). The average Bonchev–Trinajstić information content (AvgIpc) is 3.76. The molecule has 0 bridgehead atoms. The summed E-state index contributed by atoms with van der Waals surface area (Å²) in [6.07, 6.45) is 5.03. The summed E-state index contributed by atoms with van der Waals surface area (Å²) in [5, 5.41) is 0. The van der Waals surface area contributed by atoms with Crippen LogP contribution in [0.1, 0.15) is 0 Å². The van der Waals surface area contributed by atoms with Gasteiger partial charge in [0.1, 0.15) is 17.3 Å². The molecule has 0 aliphatic rings. The molecule has 3 aromatic carbocycles. The van der Waals surface area contributed by atoms with E-state index in [0.717, 1.165) is 0 Å². The fraction of sp³-hybridized carbons (Fsp3) is 0. The molecule has 0 spiro atoms. The topological polar surface area (TPSA) is 108 Å². The molecule has 0 saturated carbocycles. The first-order valence-electron chi connectivity index (χ1n) is 13.6. The van der Waals surface area contributed by atoms with Crippen LogP contribution in [0.5, 0.6) is 0 Å². The number of hydrogen-bond acceptors (Lipinski definition) is 5. The Morgan fingerprint density at radius 3 is 1.63 bits per heavy atom. The van der Waals surface area contributed by atoms with E-state index in [0.29, 0.717) is 56.6 Å². The van der Waals surface area contributed by atoms with Crippen molar-refractivity contribution in [3.05, 3.63) is 149 Å². The number of benzene rings is 3. The lowest BCUT2D eigenvalue weighted by Crippen LogP contribution is -2.23. The van der Waals surface area contributed by atoms with Crippen LogP contribution in [0.4, 0.5) is 0 Å². The molecule has 0 unspecified atom stereocenters. The molecule has 0 aliphatic heterocycles. The molecule has 10 heteroatoms. The van der Waals surface area contributed by atoms with E-state index in [-0.39, 0.29) is 11.4 Å². The number of hydrogen-bond donors (Lipinski definition) is 1. The van der Waals surface area contributed by atoms with Crippen molar-refractivity contribution in [2.75, 3.05) is 0 Å². The summed E-state index contributed by atoms with van der Waals surface area (Å²) in [6, 6.07) is 33.5. The Morgan fingerprint density at radius 1 is 0.512 bits per heavy atom. The van der Waals surface area contributed by atoms with Crippen molar-refractivity contribution >= 4 is 22.1 Å². The zero-order valence-corrected chi connectivity index (χ0v) is 22.6. The van der Waals surface area contributed by atoms with Gasteiger partial charge >= 0.3 is 11.4 Å². The lowest BCUT2D eigenvalue weighted by Gasteiger charge is -2.06. The second-order valence-electron chi connectivity index (χ2n) is 9.91. The molecule has 0 amide bonds. The average molecular weight is 563 g/mol. The summed E-state index contributed by atoms with van der Waals surface area (Å²) in [7, 11) is 0. The highest BCUT2D eigenvalue weighted by Gasteiger charge is 2.23. The monoisotopic (exact) mass is 562 g/mol. The van der Waals surface area contributed by atoms with Crippen LogP contribution in [0.25, 0.3) is 56.6 Å². The zero-order chi connectivity index (χ0) is 28.9. The second kappa shape index (κ2) is 9.67. The van der Waals surface area contributed by atoms with E-state index in [2.05, 4.69) is 15.0 Å². The van der Waals surface area contributed by atoms with Gasteiger partial charge < -0.3 is 4.98 Å². The lowest BCUT2D eigenvalue weighted by atomic mass is 10.2. The van der Waals surface area contributed by atoms with E-state index in [1.54, 1.807) is 55.1 Å². The maximum Gasteiger partial charge on any atom is 0.339 e. The molecular weight excluding hydrogens is 540 g/mol. The van der Waals surface area contributed by atoms with Crippen molar-refractivity contribution < 1.29 is 0 Å². The minimum absolute atomic E-state index is 0.273. The van der Waals surface area contributed by atoms with Gasteiger partial charge in [-0.2, -0.15) is 0 Å². The molecule has 0 radical (unpaired) electrons. The molecule has 206 valence electrons. The number of aromatic nitrogens is 8. The first kappa shape index (κ1) is 24.5. The zero-order valence-electron chi connectivity index (χ0n) is 22.6. The molecule has 10 nitrogen and oxygen atoms in total. The highest BCUT2D eigenvalue weighted by molar-refractivity contribution is 5.95. The molecule has 5 aromatic heterocycles. The molecule has 0 atom stereocenters. The first-order chi connectivity index (χ1) is 21.2. The molecule has 1 N–H and O–H groups in total. The highest BCUT2D eigenvalue weighted by atomic mass is 16.2. The third kappa shape index (κ3) is 3.85.